The molecule has 0 radical (unpaired) electrons. The molecule has 2 heterocycles. The Morgan fingerprint density at radius 1 is 1.37 bits per heavy atom. The first-order valence-corrected chi connectivity index (χ1v) is 8.06. The van der Waals surface area contributed by atoms with Crippen molar-refractivity contribution in [3.05, 3.63) is 37.2 Å². The summed E-state index contributed by atoms with van der Waals surface area (Å²) < 4.78 is 1.78. The van der Waals surface area contributed by atoms with Crippen molar-refractivity contribution < 1.29 is 0 Å². The van der Waals surface area contributed by atoms with Crippen LogP contribution in [0.1, 0.15) is 19.5 Å². The van der Waals surface area contributed by atoms with E-state index in [2.05, 4.69) is 67.3 Å². The summed E-state index contributed by atoms with van der Waals surface area (Å²) in [7, 11) is 0. The molecule has 2 aromatic rings. The second-order valence-electron chi connectivity index (χ2n) is 4.53. The van der Waals surface area contributed by atoms with E-state index in [9.17, 15) is 0 Å². The quantitative estimate of drug-likeness (QED) is 0.498. The molecule has 0 saturated carbocycles. The molecular formula is C13H12BrClIN3. The zero-order valence-electron chi connectivity index (χ0n) is 10.5. The van der Waals surface area contributed by atoms with E-state index in [0.29, 0.717) is 22.6 Å². The molecular weight excluding hydrogens is 440 g/mol. The molecule has 6 heteroatoms. The molecule has 0 aliphatic carbocycles. The van der Waals surface area contributed by atoms with Crippen molar-refractivity contribution in [2.24, 2.45) is 5.92 Å². The third-order valence-corrected chi connectivity index (χ3v) is 4.82. The van der Waals surface area contributed by atoms with Crippen LogP contribution in [0.3, 0.4) is 0 Å². The molecule has 0 N–H and O–H groups in total. The smallest absolute Gasteiger partial charge is 0.181 e. The lowest BCUT2D eigenvalue weighted by Gasteiger charge is -2.10. The van der Waals surface area contributed by atoms with Crippen LogP contribution in [0.2, 0.25) is 5.15 Å². The normalized spacial score (nSPS) is 11.1. The highest BCUT2D eigenvalue weighted by Crippen LogP contribution is 2.28. The highest BCUT2D eigenvalue weighted by atomic mass is 127. The number of hydrogen-bond acceptors (Lipinski definition) is 3. The first-order chi connectivity index (χ1) is 8.99. The van der Waals surface area contributed by atoms with Crippen LogP contribution in [0.25, 0.3) is 11.5 Å². The van der Waals surface area contributed by atoms with E-state index >= 15 is 0 Å². The van der Waals surface area contributed by atoms with Crippen molar-refractivity contribution in [1.29, 1.82) is 0 Å². The Bertz CT molecular complexity index is 604. The van der Waals surface area contributed by atoms with Gasteiger partial charge in [0.05, 0.1) is 9.26 Å². The van der Waals surface area contributed by atoms with E-state index < -0.39 is 0 Å². The van der Waals surface area contributed by atoms with Crippen LogP contribution < -0.4 is 0 Å². The summed E-state index contributed by atoms with van der Waals surface area (Å²) in [6, 6.07) is 3.77. The van der Waals surface area contributed by atoms with Gasteiger partial charge in [-0.2, -0.15) is 0 Å². The fourth-order valence-electron chi connectivity index (χ4n) is 1.64. The molecule has 2 rings (SSSR count). The Balaban J connectivity index is 2.54. The number of aromatic nitrogens is 3. The molecule has 19 heavy (non-hydrogen) atoms. The summed E-state index contributed by atoms with van der Waals surface area (Å²) >= 11 is 11.9. The van der Waals surface area contributed by atoms with Gasteiger partial charge in [0.2, 0.25) is 0 Å². The SMILES string of the molecule is CC(C)Cc1nc(-c2ncccc2Br)nc(Cl)c1I. The first kappa shape index (κ1) is 15.1. The van der Waals surface area contributed by atoms with Crippen LogP contribution >= 0.6 is 50.1 Å². The van der Waals surface area contributed by atoms with Crippen molar-refractivity contribution in [2.75, 3.05) is 0 Å². The molecule has 100 valence electrons. The molecule has 3 nitrogen and oxygen atoms in total. The molecule has 0 aromatic carbocycles. The van der Waals surface area contributed by atoms with Crippen molar-refractivity contribution in [3.63, 3.8) is 0 Å². The van der Waals surface area contributed by atoms with Gasteiger partial charge in [-0.15, -0.1) is 0 Å². The zero-order valence-corrected chi connectivity index (χ0v) is 15.0. The van der Waals surface area contributed by atoms with Gasteiger partial charge in [-0.25, -0.2) is 9.97 Å². The Hall–Kier alpha value is -0.270. The van der Waals surface area contributed by atoms with Crippen molar-refractivity contribution in [3.8, 4) is 11.5 Å². The van der Waals surface area contributed by atoms with Crippen LogP contribution in [0.5, 0.6) is 0 Å². The monoisotopic (exact) mass is 451 g/mol. The standard InChI is InChI=1S/C13H12BrClIN3/c1-7(2)6-9-10(16)12(15)19-13(18-9)11-8(14)4-3-5-17-11/h3-5,7H,6H2,1-2H3. The Labute approximate surface area is 139 Å². The van der Waals surface area contributed by atoms with Crippen LogP contribution in [0.15, 0.2) is 22.8 Å². The lowest BCUT2D eigenvalue weighted by molar-refractivity contribution is 0.632. The number of rotatable bonds is 3. The Morgan fingerprint density at radius 3 is 2.74 bits per heavy atom. The predicted molar refractivity (Wildman–Crippen MR) is 89.2 cm³/mol. The average Bonchev–Trinajstić information content (AvgIpc) is 2.35. The van der Waals surface area contributed by atoms with Gasteiger partial charge in [0.1, 0.15) is 10.8 Å². The highest BCUT2D eigenvalue weighted by Gasteiger charge is 2.15. The van der Waals surface area contributed by atoms with E-state index in [1.807, 2.05) is 12.1 Å². The fourth-order valence-corrected chi connectivity index (χ4v) is 2.72. The van der Waals surface area contributed by atoms with Crippen molar-refractivity contribution in [1.82, 2.24) is 15.0 Å². The molecule has 0 saturated heterocycles. The van der Waals surface area contributed by atoms with Gasteiger partial charge in [0.15, 0.2) is 5.82 Å². The third-order valence-electron chi connectivity index (χ3n) is 2.45. The molecule has 2 aromatic heterocycles. The van der Waals surface area contributed by atoms with Gasteiger partial charge >= 0.3 is 0 Å². The van der Waals surface area contributed by atoms with Gasteiger partial charge in [-0.1, -0.05) is 25.4 Å². The number of hydrogen-bond donors (Lipinski definition) is 0. The molecule has 0 fully saturated rings. The van der Waals surface area contributed by atoms with Gasteiger partial charge in [-0.3, -0.25) is 4.98 Å². The molecule has 0 atom stereocenters. The Kier molecular flexibility index (Phi) is 5.14. The van der Waals surface area contributed by atoms with E-state index in [0.717, 1.165) is 20.2 Å². The highest BCUT2D eigenvalue weighted by molar-refractivity contribution is 14.1. The van der Waals surface area contributed by atoms with Crippen LogP contribution in [0.4, 0.5) is 0 Å². The summed E-state index contributed by atoms with van der Waals surface area (Å²) in [5.74, 6) is 1.08. The molecule has 0 amide bonds. The molecule has 0 unspecified atom stereocenters. The van der Waals surface area contributed by atoms with Crippen molar-refractivity contribution in [2.45, 2.75) is 20.3 Å². The summed E-state index contributed by atoms with van der Waals surface area (Å²) in [5.41, 5.74) is 1.69. The van der Waals surface area contributed by atoms with Gasteiger partial charge in [0, 0.05) is 10.7 Å². The maximum atomic E-state index is 6.20. The van der Waals surface area contributed by atoms with Crippen LogP contribution in [-0.4, -0.2) is 15.0 Å². The summed E-state index contributed by atoms with van der Waals surface area (Å²) in [5, 5.41) is 0.485. The zero-order chi connectivity index (χ0) is 14.0. The second kappa shape index (κ2) is 6.45. The summed E-state index contributed by atoms with van der Waals surface area (Å²) in [6.45, 7) is 4.31. The average molecular weight is 453 g/mol. The van der Waals surface area contributed by atoms with E-state index in [1.165, 1.54) is 0 Å². The molecule has 0 aliphatic rings. The maximum Gasteiger partial charge on any atom is 0.181 e. The van der Waals surface area contributed by atoms with Gasteiger partial charge in [0.25, 0.3) is 0 Å². The first-order valence-electron chi connectivity index (χ1n) is 5.82. The number of pyridine rings is 1. The van der Waals surface area contributed by atoms with E-state index in [-0.39, 0.29) is 0 Å². The minimum absolute atomic E-state index is 0.485. The van der Waals surface area contributed by atoms with Crippen molar-refractivity contribution >= 4 is 50.1 Å². The number of halogens is 3. The molecule has 0 bridgehead atoms. The largest absolute Gasteiger partial charge is 0.252 e. The van der Waals surface area contributed by atoms with E-state index in [1.54, 1.807) is 6.20 Å². The van der Waals surface area contributed by atoms with Gasteiger partial charge < -0.3 is 0 Å². The number of nitrogens with zero attached hydrogens (tertiary/aromatic N) is 3. The van der Waals surface area contributed by atoms with E-state index in [4.69, 9.17) is 11.6 Å². The van der Waals surface area contributed by atoms with Gasteiger partial charge in [-0.05, 0) is 63.0 Å². The van der Waals surface area contributed by atoms with Crippen LogP contribution in [0, 0.1) is 9.49 Å². The topological polar surface area (TPSA) is 38.7 Å². The Morgan fingerprint density at radius 2 is 2.11 bits per heavy atom. The molecule has 0 aliphatic heterocycles. The predicted octanol–water partition coefficient (Wildman–Crippen LogP) is 4.76. The summed E-state index contributed by atoms with van der Waals surface area (Å²) in [4.78, 5) is 13.2. The minimum Gasteiger partial charge on any atom is -0.252 e. The minimum atomic E-state index is 0.485. The van der Waals surface area contributed by atoms with Crippen LogP contribution in [-0.2, 0) is 6.42 Å². The third kappa shape index (κ3) is 3.64. The summed E-state index contributed by atoms with van der Waals surface area (Å²) in [6.07, 6.45) is 2.59. The lowest BCUT2D eigenvalue weighted by atomic mass is 10.1. The second-order valence-corrected chi connectivity index (χ2v) is 6.82. The molecule has 0 spiro atoms. The fraction of sp³-hybridized carbons (Fsp3) is 0.308. The lowest BCUT2D eigenvalue weighted by Crippen LogP contribution is -2.05. The maximum absolute atomic E-state index is 6.20.